The highest BCUT2D eigenvalue weighted by atomic mass is 35.5. The van der Waals surface area contributed by atoms with Crippen LogP contribution in [-0.4, -0.2) is 23.2 Å². The van der Waals surface area contributed by atoms with E-state index < -0.39 is 5.38 Å². The lowest BCUT2D eigenvalue weighted by atomic mass is 9.68. The van der Waals surface area contributed by atoms with Gasteiger partial charge in [0.1, 0.15) is 5.38 Å². The van der Waals surface area contributed by atoms with Crippen molar-refractivity contribution in [2.24, 2.45) is 10.8 Å². The fraction of sp³-hybridized carbons (Fsp3) is 0.688. The smallest absolute Gasteiger partial charge is 0.244 e. The quantitative estimate of drug-likeness (QED) is 0.554. The van der Waals surface area contributed by atoms with E-state index in [0.29, 0.717) is 6.42 Å². The number of hydrogen-bond acceptors (Lipinski definition) is 1. The maximum atomic E-state index is 12.3. The van der Waals surface area contributed by atoms with E-state index in [2.05, 4.69) is 40.3 Å². The van der Waals surface area contributed by atoms with E-state index >= 15 is 0 Å². The Morgan fingerprint density at radius 3 is 2.58 bits per heavy atom. The predicted molar refractivity (Wildman–Crippen MR) is 82.1 cm³/mol. The van der Waals surface area contributed by atoms with Crippen molar-refractivity contribution >= 4 is 17.5 Å². The molecule has 0 spiro atoms. The van der Waals surface area contributed by atoms with Gasteiger partial charge in [-0.15, -0.1) is 18.2 Å². The van der Waals surface area contributed by atoms with Gasteiger partial charge in [0.25, 0.3) is 0 Å². The molecule has 1 atom stereocenters. The molecule has 0 aliphatic heterocycles. The van der Waals surface area contributed by atoms with Crippen LogP contribution in [0.15, 0.2) is 24.4 Å². The summed E-state index contributed by atoms with van der Waals surface area (Å²) in [7, 11) is 1.82. The maximum absolute atomic E-state index is 12.3. The highest BCUT2D eigenvalue weighted by molar-refractivity contribution is 6.30. The molecule has 1 aliphatic rings. The summed E-state index contributed by atoms with van der Waals surface area (Å²) in [6.45, 7) is 12.6. The normalized spacial score (nSPS) is 22.3. The molecule has 0 aromatic carbocycles. The molecule has 0 bridgehead atoms. The van der Waals surface area contributed by atoms with Crippen LogP contribution in [0.25, 0.3) is 0 Å². The van der Waals surface area contributed by atoms with E-state index in [1.807, 2.05) is 7.05 Å². The fourth-order valence-corrected chi connectivity index (χ4v) is 3.43. The number of rotatable bonds is 4. The second-order valence-corrected chi connectivity index (χ2v) is 7.56. The van der Waals surface area contributed by atoms with E-state index in [1.165, 1.54) is 0 Å². The van der Waals surface area contributed by atoms with E-state index in [4.69, 9.17) is 11.6 Å². The molecule has 3 heteroatoms. The van der Waals surface area contributed by atoms with Gasteiger partial charge in [0, 0.05) is 12.7 Å². The Kier molecular flexibility index (Phi) is 4.89. The Bertz CT molecular complexity index is 396. The first-order valence-corrected chi connectivity index (χ1v) is 7.26. The maximum Gasteiger partial charge on any atom is 0.244 e. The molecule has 108 valence electrons. The minimum absolute atomic E-state index is 0.0404. The lowest BCUT2D eigenvalue weighted by molar-refractivity contribution is -0.128. The van der Waals surface area contributed by atoms with Crippen LogP contribution in [-0.2, 0) is 4.79 Å². The van der Waals surface area contributed by atoms with Crippen LogP contribution >= 0.6 is 11.6 Å². The zero-order chi connectivity index (χ0) is 14.8. The van der Waals surface area contributed by atoms with Gasteiger partial charge >= 0.3 is 0 Å². The molecule has 0 aromatic rings. The minimum Gasteiger partial charge on any atom is -0.318 e. The summed E-state index contributed by atoms with van der Waals surface area (Å²) >= 11 is 6.10. The zero-order valence-corrected chi connectivity index (χ0v) is 13.5. The van der Waals surface area contributed by atoms with Crippen LogP contribution in [0.5, 0.6) is 0 Å². The van der Waals surface area contributed by atoms with Crippen LogP contribution in [0.4, 0.5) is 0 Å². The van der Waals surface area contributed by atoms with Crippen molar-refractivity contribution < 1.29 is 4.79 Å². The molecule has 0 aromatic heterocycles. The number of carbonyl (C=O) groups excluding carboxylic acids is 1. The lowest BCUT2D eigenvalue weighted by Crippen LogP contribution is -2.38. The molecule has 0 radical (unpaired) electrons. The van der Waals surface area contributed by atoms with Gasteiger partial charge in [-0.25, -0.2) is 0 Å². The second-order valence-electron chi connectivity index (χ2n) is 7.03. The van der Waals surface area contributed by atoms with Gasteiger partial charge in [-0.3, -0.25) is 4.79 Å². The molecule has 19 heavy (non-hydrogen) atoms. The molecule has 0 N–H and O–H groups in total. The summed E-state index contributed by atoms with van der Waals surface area (Å²) in [6, 6.07) is 0. The predicted octanol–water partition coefficient (Wildman–Crippen LogP) is 4.36. The molecule has 2 nitrogen and oxygen atoms in total. The van der Waals surface area contributed by atoms with Gasteiger partial charge in [0.15, 0.2) is 0 Å². The van der Waals surface area contributed by atoms with Crippen LogP contribution in [0.3, 0.4) is 0 Å². The summed E-state index contributed by atoms with van der Waals surface area (Å²) in [5.41, 5.74) is 1.41. The van der Waals surface area contributed by atoms with Crippen molar-refractivity contribution in [1.29, 1.82) is 0 Å². The Morgan fingerprint density at radius 1 is 1.53 bits per heavy atom. The summed E-state index contributed by atoms with van der Waals surface area (Å²) in [5, 5.41) is -0.517. The van der Waals surface area contributed by atoms with Gasteiger partial charge in [-0.05, 0) is 30.1 Å². The van der Waals surface area contributed by atoms with Gasteiger partial charge in [0.2, 0.25) is 5.91 Å². The van der Waals surface area contributed by atoms with Crippen molar-refractivity contribution in [2.45, 2.75) is 52.3 Å². The standard InChI is InChI=1S/C16H26ClNO/c1-7-8-13(17)14(19)18(6)12-9-15(2,3)11-16(4,5)10-12/h7,9,13H,1,8,10-11H2,2-6H3. The third-order valence-corrected chi connectivity index (χ3v) is 3.92. The number of allylic oxidation sites excluding steroid dienone is 3. The largest absolute Gasteiger partial charge is 0.318 e. The van der Waals surface area contributed by atoms with Gasteiger partial charge in [-0.1, -0.05) is 39.8 Å². The van der Waals surface area contributed by atoms with E-state index in [0.717, 1.165) is 18.5 Å². The van der Waals surface area contributed by atoms with Crippen LogP contribution in [0.1, 0.15) is 47.0 Å². The average Bonchev–Trinajstić information content (AvgIpc) is 2.23. The molecule has 1 rings (SSSR count). The molecule has 0 saturated heterocycles. The summed E-state index contributed by atoms with van der Waals surface area (Å²) in [5.74, 6) is -0.0404. The van der Waals surface area contributed by atoms with Crippen LogP contribution in [0, 0.1) is 10.8 Å². The van der Waals surface area contributed by atoms with Crippen molar-refractivity contribution in [3.8, 4) is 0 Å². The highest BCUT2D eigenvalue weighted by Gasteiger charge is 2.35. The monoisotopic (exact) mass is 283 g/mol. The van der Waals surface area contributed by atoms with Crippen molar-refractivity contribution in [2.75, 3.05) is 7.05 Å². The first-order chi connectivity index (χ1) is 8.58. The number of amides is 1. The van der Waals surface area contributed by atoms with E-state index in [1.54, 1.807) is 11.0 Å². The topological polar surface area (TPSA) is 20.3 Å². The molecule has 1 aliphatic carbocycles. The molecule has 0 heterocycles. The molecular weight excluding hydrogens is 258 g/mol. The number of alkyl halides is 1. The van der Waals surface area contributed by atoms with E-state index in [-0.39, 0.29) is 16.7 Å². The first kappa shape index (κ1) is 16.3. The van der Waals surface area contributed by atoms with Crippen molar-refractivity contribution in [3.05, 3.63) is 24.4 Å². The zero-order valence-electron chi connectivity index (χ0n) is 12.8. The summed E-state index contributed by atoms with van der Waals surface area (Å²) < 4.78 is 0. The Morgan fingerprint density at radius 2 is 2.11 bits per heavy atom. The molecule has 1 unspecified atom stereocenters. The molecular formula is C16H26ClNO. The highest BCUT2D eigenvalue weighted by Crippen LogP contribution is 2.45. The van der Waals surface area contributed by atoms with Crippen molar-refractivity contribution in [1.82, 2.24) is 4.90 Å². The SMILES string of the molecule is C=CCC(Cl)C(=O)N(C)C1=CC(C)(C)CC(C)(C)C1. The number of hydrogen-bond donors (Lipinski definition) is 0. The van der Waals surface area contributed by atoms with Crippen LogP contribution in [0.2, 0.25) is 0 Å². The number of nitrogens with zero attached hydrogens (tertiary/aromatic N) is 1. The fourth-order valence-electron chi connectivity index (χ4n) is 3.15. The van der Waals surface area contributed by atoms with Gasteiger partial charge in [0.05, 0.1) is 0 Å². The third-order valence-electron chi connectivity index (χ3n) is 3.55. The Balaban J connectivity index is 2.92. The van der Waals surface area contributed by atoms with Crippen molar-refractivity contribution in [3.63, 3.8) is 0 Å². The summed E-state index contributed by atoms with van der Waals surface area (Å²) in [4.78, 5) is 14.0. The second kappa shape index (κ2) is 5.70. The number of halogens is 1. The molecule has 0 fully saturated rings. The van der Waals surface area contributed by atoms with Gasteiger partial charge < -0.3 is 4.90 Å². The Hall–Kier alpha value is -0.760. The van der Waals surface area contributed by atoms with Crippen LogP contribution < -0.4 is 0 Å². The first-order valence-electron chi connectivity index (χ1n) is 6.82. The number of carbonyl (C=O) groups is 1. The minimum atomic E-state index is -0.517. The molecule has 0 saturated carbocycles. The Labute approximate surface area is 122 Å². The van der Waals surface area contributed by atoms with E-state index in [9.17, 15) is 4.79 Å². The third kappa shape index (κ3) is 4.38. The lowest BCUT2D eigenvalue weighted by Gasteiger charge is -2.41. The van der Waals surface area contributed by atoms with Gasteiger partial charge in [-0.2, -0.15) is 0 Å². The molecule has 1 amide bonds. The summed E-state index contributed by atoms with van der Waals surface area (Å²) in [6.07, 6.45) is 6.45. The average molecular weight is 284 g/mol.